The van der Waals surface area contributed by atoms with E-state index in [1.807, 2.05) is 24.3 Å². The molecule has 2 aromatic heterocycles. The van der Waals surface area contributed by atoms with Gasteiger partial charge in [0.15, 0.2) is 6.04 Å². The van der Waals surface area contributed by atoms with Gasteiger partial charge in [-0.25, -0.2) is 4.79 Å². The van der Waals surface area contributed by atoms with E-state index in [-0.39, 0.29) is 6.42 Å². The Hall–Kier alpha value is -2.74. The molecule has 3 aromatic rings. The van der Waals surface area contributed by atoms with Gasteiger partial charge in [-0.15, -0.1) is 0 Å². The Balaban J connectivity index is 1.78. The van der Waals surface area contributed by atoms with Crippen molar-refractivity contribution in [2.45, 2.75) is 12.5 Å². The Bertz CT molecular complexity index is 870. The van der Waals surface area contributed by atoms with Crippen molar-refractivity contribution in [3.63, 3.8) is 0 Å². The maximum Gasteiger partial charge on any atom is 0.332 e. The summed E-state index contributed by atoms with van der Waals surface area (Å²) in [6, 6.07) is 8.06. The third kappa shape index (κ3) is 3.07. The number of carbonyl (C=O) groups excluding carboxylic acids is 1. The Kier molecular flexibility index (Phi) is 4.07. The van der Waals surface area contributed by atoms with E-state index in [0.717, 1.165) is 10.1 Å². The van der Waals surface area contributed by atoms with Crippen LogP contribution in [0, 0.1) is 0 Å². The summed E-state index contributed by atoms with van der Waals surface area (Å²) >= 11 is 1.32. The molecule has 0 saturated carbocycles. The van der Waals surface area contributed by atoms with Gasteiger partial charge >= 0.3 is 5.97 Å². The van der Waals surface area contributed by atoms with Crippen LogP contribution in [-0.2, 0) is 23.1 Å². The monoisotopic (exact) mass is 330 g/mol. The van der Waals surface area contributed by atoms with Crippen LogP contribution in [-0.4, -0.2) is 31.1 Å². The normalized spacial score (nSPS) is 12.2. The van der Waals surface area contributed by atoms with Gasteiger partial charge in [0.1, 0.15) is 0 Å². The number of benzene rings is 1. The highest BCUT2D eigenvalue weighted by Crippen LogP contribution is 2.22. The van der Waals surface area contributed by atoms with Crippen molar-refractivity contribution in [3.8, 4) is 0 Å². The number of aliphatic carboxylic acids is 1. The van der Waals surface area contributed by atoms with Crippen molar-refractivity contribution in [2.75, 3.05) is 0 Å². The number of carbonyl (C=O) groups is 2. The Labute approximate surface area is 135 Å². The fourth-order valence-electron chi connectivity index (χ4n) is 2.36. The molecule has 0 spiro atoms. The van der Waals surface area contributed by atoms with Crippen LogP contribution in [0.25, 0.3) is 10.1 Å². The quantitative estimate of drug-likeness (QED) is 0.739. The molecular formula is C15H14N4O3S. The lowest BCUT2D eigenvalue weighted by Gasteiger charge is -2.14. The molecule has 0 aliphatic carbocycles. The number of carboxylic acid groups (broad SMARTS) is 1. The van der Waals surface area contributed by atoms with Crippen LogP contribution >= 0.6 is 11.5 Å². The molecule has 0 radical (unpaired) electrons. The summed E-state index contributed by atoms with van der Waals surface area (Å²) in [4.78, 5) is 23.7. The highest BCUT2D eigenvalue weighted by atomic mass is 32.1. The Morgan fingerprint density at radius 1 is 1.35 bits per heavy atom. The third-order valence-electron chi connectivity index (χ3n) is 3.49. The Morgan fingerprint density at radius 3 is 2.83 bits per heavy atom. The van der Waals surface area contributed by atoms with E-state index in [4.69, 9.17) is 0 Å². The van der Waals surface area contributed by atoms with Gasteiger partial charge in [-0.3, -0.25) is 9.48 Å². The number of rotatable bonds is 5. The van der Waals surface area contributed by atoms with Gasteiger partial charge < -0.3 is 10.4 Å². The SMILES string of the molecule is Cn1nccc1C(NC(=O)Cc1nsc2ccccc12)C(=O)O. The number of carboxylic acids is 1. The van der Waals surface area contributed by atoms with E-state index in [2.05, 4.69) is 14.8 Å². The molecule has 2 N–H and O–H groups in total. The molecule has 0 fully saturated rings. The first-order valence-corrected chi connectivity index (χ1v) is 7.67. The van der Waals surface area contributed by atoms with Crippen LogP contribution in [0.1, 0.15) is 17.4 Å². The minimum atomic E-state index is -1.14. The molecule has 1 atom stereocenters. The van der Waals surface area contributed by atoms with E-state index in [1.54, 1.807) is 13.1 Å². The van der Waals surface area contributed by atoms with Gasteiger partial charge in [-0.05, 0) is 23.7 Å². The molecule has 2 heterocycles. The summed E-state index contributed by atoms with van der Waals surface area (Å²) < 4.78 is 6.71. The molecule has 23 heavy (non-hydrogen) atoms. The fraction of sp³-hybridized carbons (Fsp3) is 0.200. The summed E-state index contributed by atoms with van der Waals surface area (Å²) in [5.41, 5.74) is 1.06. The van der Waals surface area contributed by atoms with Crippen molar-refractivity contribution < 1.29 is 14.7 Å². The first kappa shape index (κ1) is 15.2. The van der Waals surface area contributed by atoms with Crippen LogP contribution < -0.4 is 5.32 Å². The van der Waals surface area contributed by atoms with Crippen LogP contribution in [0.5, 0.6) is 0 Å². The number of nitrogens with zero attached hydrogens (tertiary/aromatic N) is 3. The second-order valence-electron chi connectivity index (χ2n) is 5.02. The van der Waals surface area contributed by atoms with Gasteiger partial charge in [0.05, 0.1) is 22.5 Å². The van der Waals surface area contributed by atoms with Crippen molar-refractivity contribution in [1.29, 1.82) is 0 Å². The number of aryl methyl sites for hydroxylation is 1. The van der Waals surface area contributed by atoms with Crippen LogP contribution in [0.2, 0.25) is 0 Å². The molecule has 1 amide bonds. The maximum absolute atomic E-state index is 12.2. The topological polar surface area (TPSA) is 97.1 Å². The lowest BCUT2D eigenvalue weighted by molar-refractivity contribution is -0.142. The summed E-state index contributed by atoms with van der Waals surface area (Å²) in [6.45, 7) is 0. The molecule has 7 nitrogen and oxygen atoms in total. The average Bonchev–Trinajstić information content (AvgIpc) is 3.12. The molecule has 0 bridgehead atoms. The average molecular weight is 330 g/mol. The van der Waals surface area contributed by atoms with E-state index in [1.165, 1.54) is 22.4 Å². The highest BCUT2D eigenvalue weighted by Gasteiger charge is 2.25. The Morgan fingerprint density at radius 2 is 2.13 bits per heavy atom. The molecule has 1 unspecified atom stereocenters. The number of amides is 1. The third-order valence-corrected chi connectivity index (χ3v) is 4.35. The molecular weight excluding hydrogens is 316 g/mol. The molecule has 0 aliphatic heterocycles. The first-order valence-electron chi connectivity index (χ1n) is 6.89. The van der Waals surface area contributed by atoms with Crippen molar-refractivity contribution in [2.24, 2.45) is 7.05 Å². The maximum atomic E-state index is 12.2. The van der Waals surface area contributed by atoms with E-state index < -0.39 is 17.9 Å². The number of nitrogens with one attached hydrogen (secondary N) is 1. The summed E-state index contributed by atoms with van der Waals surface area (Å²) in [7, 11) is 1.63. The van der Waals surface area contributed by atoms with E-state index in [0.29, 0.717) is 11.4 Å². The zero-order chi connectivity index (χ0) is 16.4. The molecule has 0 saturated heterocycles. The standard InChI is InChI=1S/C15H14N4O3S/c1-19-11(6-7-16-19)14(15(21)22)17-13(20)8-10-9-4-2-3-5-12(9)23-18-10/h2-7,14H,8H2,1H3,(H,17,20)(H,21,22). The minimum Gasteiger partial charge on any atom is -0.479 e. The first-order chi connectivity index (χ1) is 11.1. The van der Waals surface area contributed by atoms with Crippen LogP contribution in [0.4, 0.5) is 0 Å². The summed E-state index contributed by atoms with van der Waals surface area (Å²) in [5.74, 6) is -1.53. The molecule has 3 rings (SSSR count). The van der Waals surface area contributed by atoms with Gasteiger partial charge in [-0.1, -0.05) is 18.2 Å². The lowest BCUT2D eigenvalue weighted by atomic mass is 10.1. The molecule has 8 heteroatoms. The number of hydrogen-bond acceptors (Lipinski definition) is 5. The molecule has 1 aromatic carbocycles. The number of hydrogen-bond donors (Lipinski definition) is 2. The van der Waals surface area contributed by atoms with Gasteiger partial charge in [0.2, 0.25) is 5.91 Å². The van der Waals surface area contributed by atoms with E-state index in [9.17, 15) is 14.7 Å². The zero-order valence-corrected chi connectivity index (χ0v) is 13.1. The number of fused-ring (bicyclic) bond motifs is 1. The van der Waals surface area contributed by atoms with E-state index >= 15 is 0 Å². The second-order valence-corrected chi connectivity index (χ2v) is 5.83. The lowest BCUT2D eigenvalue weighted by Crippen LogP contribution is -2.36. The van der Waals surface area contributed by atoms with Crippen molar-refractivity contribution >= 4 is 33.5 Å². The highest BCUT2D eigenvalue weighted by molar-refractivity contribution is 7.13. The van der Waals surface area contributed by atoms with Gasteiger partial charge in [-0.2, -0.15) is 9.47 Å². The van der Waals surface area contributed by atoms with Gasteiger partial charge in [0.25, 0.3) is 0 Å². The van der Waals surface area contributed by atoms with Crippen molar-refractivity contribution in [3.05, 3.63) is 47.9 Å². The summed E-state index contributed by atoms with van der Waals surface area (Å²) in [6.07, 6.45) is 1.52. The zero-order valence-electron chi connectivity index (χ0n) is 12.3. The van der Waals surface area contributed by atoms with Crippen LogP contribution in [0.3, 0.4) is 0 Å². The fourth-order valence-corrected chi connectivity index (χ4v) is 3.15. The molecule has 118 valence electrons. The predicted octanol–water partition coefficient (Wildman–Crippen LogP) is 1.51. The predicted molar refractivity (Wildman–Crippen MR) is 85.1 cm³/mol. The minimum absolute atomic E-state index is 0.0334. The summed E-state index contributed by atoms with van der Waals surface area (Å²) in [5, 5.41) is 16.7. The van der Waals surface area contributed by atoms with Crippen LogP contribution in [0.15, 0.2) is 36.5 Å². The number of aromatic nitrogens is 3. The molecule has 0 aliphatic rings. The largest absolute Gasteiger partial charge is 0.479 e. The van der Waals surface area contributed by atoms with Gasteiger partial charge in [0, 0.05) is 18.6 Å². The van der Waals surface area contributed by atoms with Crippen molar-refractivity contribution in [1.82, 2.24) is 19.5 Å². The smallest absolute Gasteiger partial charge is 0.332 e. The second kappa shape index (κ2) is 6.17.